The molecule has 1 heterocycles. The number of anilines is 1. The number of thiocarbonyl (C=S) groups is 1. The van der Waals surface area contributed by atoms with Crippen molar-refractivity contribution in [3.05, 3.63) is 59.9 Å². The van der Waals surface area contributed by atoms with Crippen LogP contribution in [0.2, 0.25) is 0 Å². The predicted octanol–water partition coefficient (Wildman–Crippen LogP) is 3.61. The number of halogens is 1. The Hall–Kier alpha value is -2.18. The Morgan fingerprint density at radius 2 is 2.12 bits per heavy atom. The monoisotopic (exact) mass is 360 g/mol. The molecule has 0 amide bonds. The van der Waals surface area contributed by atoms with Gasteiger partial charge in [-0.2, -0.15) is 0 Å². The first-order valence-corrected chi connectivity index (χ1v) is 8.63. The summed E-state index contributed by atoms with van der Waals surface area (Å²) >= 11 is 5.46. The Morgan fingerprint density at radius 1 is 1.32 bits per heavy atom. The highest BCUT2D eigenvalue weighted by Crippen LogP contribution is 2.15. The normalized spacial score (nSPS) is 17.2. The molecule has 0 spiro atoms. The van der Waals surface area contributed by atoms with Gasteiger partial charge in [-0.15, -0.1) is 0 Å². The van der Waals surface area contributed by atoms with Gasteiger partial charge in [-0.3, -0.25) is 0 Å². The van der Waals surface area contributed by atoms with Gasteiger partial charge in [0.05, 0.1) is 6.61 Å². The van der Waals surface area contributed by atoms with Crippen molar-refractivity contribution < 1.29 is 13.9 Å². The van der Waals surface area contributed by atoms with Crippen LogP contribution in [0.25, 0.3) is 0 Å². The number of hydrogen-bond donors (Lipinski definition) is 1. The topological polar surface area (TPSA) is 33.7 Å². The minimum Gasteiger partial charge on any atom is -0.491 e. The summed E-state index contributed by atoms with van der Waals surface area (Å²) in [6.45, 7) is 4.46. The van der Waals surface area contributed by atoms with Gasteiger partial charge in [0, 0.05) is 18.8 Å². The van der Waals surface area contributed by atoms with E-state index in [1.54, 1.807) is 12.1 Å². The maximum atomic E-state index is 13.0. The number of ether oxygens (including phenoxy) is 2. The average Bonchev–Trinajstić information content (AvgIpc) is 2.62. The molecule has 25 heavy (non-hydrogen) atoms. The van der Waals surface area contributed by atoms with E-state index < -0.39 is 0 Å². The lowest BCUT2D eigenvalue weighted by molar-refractivity contribution is -0.0280. The molecule has 4 nitrogen and oxygen atoms in total. The molecule has 132 valence electrons. The Morgan fingerprint density at radius 3 is 2.88 bits per heavy atom. The largest absolute Gasteiger partial charge is 0.491 e. The maximum absolute atomic E-state index is 13.0. The predicted molar refractivity (Wildman–Crippen MR) is 101 cm³/mol. The molecule has 6 heteroatoms. The van der Waals surface area contributed by atoms with Gasteiger partial charge in [0.25, 0.3) is 0 Å². The summed E-state index contributed by atoms with van der Waals surface area (Å²) in [4.78, 5) is 2.05. The molecule has 2 aromatic rings. The van der Waals surface area contributed by atoms with E-state index >= 15 is 0 Å². The van der Waals surface area contributed by atoms with E-state index in [0.29, 0.717) is 31.4 Å². The number of nitrogens with zero attached hydrogens (tertiary/aromatic N) is 1. The molecule has 1 saturated heterocycles. The second-order valence-corrected chi connectivity index (χ2v) is 6.39. The van der Waals surface area contributed by atoms with Crippen molar-refractivity contribution in [3.63, 3.8) is 0 Å². The lowest BCUT2D eigenvalue weighted by atomic mass is 10.2. The second-order valence-electron chi connectivity index (χ2n) is 6.00. The zero-order valence-corrected chi connectivity index (χ0v) is 14.9. The first-order valence-electron chi connectivity index (χ1n) is 8.23. The summed E-state index contributed by atoms with van der Waals surface area (Å²) in [6, 6.07) is 14.1. The zero-order chi connectivity index (χ0) is 17.6. The van der Waals surface area contributed by atoms with Crippen molar-refractivity contribution in [2.45, 2.75) is 13.0 Å². The van der Waals surface area contributed by atoms with Crippen LogP contribution in [0.5, 0.6) is 5.75 Å². The van der Waals surface area contributed by atoms with Crippen LogP contribution >= 0.6 is 12.2 Å². The van der Waals surface area contributed by atoms with Crippen LogP contribution in [0, 0.1) is 12.7 Å². The van der Waals surface area contributed by atoms with Gasteiger partial charge in [-0.05, 0) is 61.1 Å². The van der Waals surface area contributed by atoms with Crippen molar-refractivity contribution in [2.24, 2.45) is 0 Å². The molecule has 0 aromatic heterocycles. The van der Waals surface area contributed by atoms with Crippen LogP contribution in [-0.4, -0.2) is 42.4 Å². The molecule has 0 aliphatic carbocycles. The molecule has 1 unspecified atom stereocenters. The van der Waals surface area contributed by atoms with E-state index in [1.165, 1.54) is 12.1 Å². The third kappa shape index (κ3) is 5.14. The lowest BCUT2D eigenvalue weighted by Gasteiger charge is -2.34. The molecule has 3 rings (SSSR count). The standard InChI is InChI=1S/C19H21FN2O2S/c1-14-3-2-4-17(11-14)24-13-18-12-22(9-10-23-18)19(25)21-16-7-5-15(20)6-8-16/h2-8,11,18H,9-10,12-13H2,1H3,(H,21,25). The van der Waals surface area contributed by atoms with Crippen LogP contribution in [-0.2, 0) is 4.74 Å². The van der Waals surface area contributed by atoms with E-state index in [4.69, 9.17) is 21.7 Å². The summed E-state index contributed by atoms with van der Waals surface area (Å²) in [5.41, 5.74) is 1.93. The molecule has 0 saturated carbocycles. The number of aryl methyl sites for hydroxylation is 1. The van der Waals surface area contributed by atoms with Crippen molar-refractivity contribution in [1.82, 2.24) is 4.90 Å². The summed E-state index contributed by atoms with van der Waals surface area (Å²) in [5, 5.41) is 3.74. The first kappa shape index (κ1) is 17.6. The highest BCUT2D eigenvalue weighted by molar-refractivity contribution is 7.80. The molecule has 1 aliphatic heterocycles. The number of nitrogens with one attached hydrogen (secondary N) is 1. The van der Waals surface area contributed by atoms with E-state index in [9.17, 15) is 4.39 Å². The van der Waals surface area contributed by atoms with Crippen molar-refractivity contribution >= 4 is 23.0 Å². The van der Waals surface area contributed by atoms with Gasteiger partial charge in [0.15, 0.2) is 5.11 Å². The van der Waals surface area contributed by atoms with Crippen LogP contribution in [0.3, 0.4) is 0 Å². The Balaban J connectivity index is 1.51. The van der Waals surface area contributed by atoms with E-state index in [1.807, 2.05) is 36.1 Å². The molecular formula is C19H21FN2O2S. The number of benzene rings is 2. The smallest absolute Gasteiger partial charge is 0.173 e. The van der Waals surface area contributed by atoms with Gasteiger partial charge in [0.1, 0.15) is 24.3 Å². The minimum atomic E-state index is -0.267. The Bertz CT molecular complexity index is 724. The van der Waals surface area contributed by atoms with Crippen molar-refractivity contribution in [3.8, 4) is 5.75 Å². The summed E-state index contributed by atoms with van der Waals surface area (Å²) in [7, 11) is 0. The van der Waals surface area contributed by atoms with Gasteiger partial charge in [0.2, 0.25) is 0 Å². The van der Waals surface area contributed by atoms with Crippen LogP contribution in [0.4, 0.5) is 10.1 Å². The molecule has 1 atom stereocenters. The van der Waals surface area contributed by atoms with Gasteiger partial charge in [-0.25, -0.2) is 4.39 Å². The highest BCUT2D eigenvalue weighted by atomic mass is 32.1. The quantitative estimate of drug-likeness (QED) is 0.843. The average molecular weight is 360 g/mol. The molecule has 0 radical (unpaired) electrons. The number of morpholine rings is 1. The van der Waals surface area contributed by atoms with Crippen molar-refractivity contribution in [2.75, 3.05) is 31.6 Å². The van der Waals surface area contributed by atoms with E-state index in [0.717, 1.165) is 17.0 Å². The van der Waals surface area contributed by atoms with Gasteiger partial charge in [-0.1, -0.05) is 12.1 Å². The second kappa shape index (κ2) is 8.27. The molecule has 0 bridgehead atoms. The van der Waals surface area contributed by atoms with Crippen LogP contribution in [0.1, 0.15) is 5.56 Å². The van der Waals surface area contributed by atoms with Crippen LogP contribution < -0.4 is 10.1 Å². The van der Waals surface area contributed by atoms with Gasteiger partial charge < -0.3 is 19.7 Å². The van der Waals surface area contributed by atoms with E-state index in [-0.39, 0.29) is 11.9 Å². The Labute approximate surface area is 152 Å². The number of hydrogen-bond acceptors (Lipinski definition) is 3. The lowest BCUT2D eigenvalue weighted by Crippen LogP contribution is -2.49. The summed E-state index contributed by atoms with van der Waals surface area (Å²) < 4.78 is 24.6. The van der Waals surface area contributed by atoms with Crippen molar-refractivity contribution in [1.29, 1.82) is 0 Å². The summed E-state index contributed by atoms with van der Waals surface area (Å²) in [6.07, 6.45) is -0.0535. The van der Waals surface area contributed by atoms with E-state index in [2.05, 4.69) is 5.32 Å². The zero-order valence-electron chi connectivity index (χ0n) is 14.1. The third-order valence-electron chi connectivity index (χ3n) is 3.95. The summed E-state index contributed by atoms with van der Waals surface area (Å²) in [5.74, 6) is 0.573. The molecule has 1 N–H and O–H groups in total. The maximum Gasteiger partial charge on any atom is 0.173 e. The molecule has 1 fully saturated rings. The minimum absolute atomic E-state index is 0.0535. The fourth-order valence-electron chi connectivity index (χ4n) is 2.63. The van der Waals surface area contributed by atoms with Crippen LogP contribution in [0.15, 0.2) is 48.5 Å². The SMILES string of the molecule is Cc1cccc(OCC2CN(C(=S)Nc3ccc(F)cc3)CCO2)c1. The fourth-order valence-corrected chi connectivity index (χ4v) is 2.92. The fraction of sp³-hybridized carbons (Fsp3) is 0.316. The molecule has 2 aromatic carbocycles. The van der Waals surface area contributed by atoms with Gasteiger partial charge >= 0.3 is 0 Å². The first-order chi connectivity index (χ1) is 12.1. The molecular weight excluding hydrogens is 339 g/mol. The number of rotatable bonds is 4. The third-order valence-corrected chi connectivity index (χ3v) is 4.31. The Kier molecular flexibility index (Phi) is 5.83. The highest BCUT2D eigenvalue weighted by Gasteiger charge is 2.23. The molecule has 1 aliphatic rings.